The van der Waals surface area contributed by atoms with Gasteiger partial charge in [-0.15, -0.1) is 0 Å². The van der Waals surface area contributed by atoms with Gasteiger partial charge in [-0.1, -0.05) is 54.6 Å². The number of aromatic nitrogens is 2. The molecule has 4 rings (SSSR count). The van der Waals surface area contributed by atoms with Gasteiger partial charge in [0.25, 0.3) is 5.91 Å². The molecule has 0 radical (unpaired) electrons. The maximum absolute atomic E-state index is 14.1. The summed E-state index contributed by atoms with van der Waals surface area (Å²) < 4.78 is 28.0. The maximum Gasteiger partial charge on any atom is 0.305 e. The first-order valence-electron chi connectivity index (χ1n) is 10.2. The monoisotopic (exact) mass is 463 g/mol. The molecule has 0 saturated carbocycles. The van der Waals surface area contributed by atoms with E-state index in [1.54, 1.807) is 12.1 Å². The number of nitrogens with one attached hydrogen (secondary N) is 1. The molecule has 1 atom stereocenters. The minimum absolute atomic E-state index is 0.253. The van der Waals surface area contributed by atoms with Gasteiger partial charge in [-0.3, -0.25) is 9.59 Å². The number of carboxylic acids is 1. The molecular weight excluding hydrogens is 444 g/mol. The van der Waals surface area contributed by atoms with E-state index in [4.69, 9.17) is 0 Å². The third-order valence-electron chi connectivity index (χ3n) is 5.17. The van der Waals surface area contributed by atoms with E-state index < -0.39 is 41.9 Å². The van der Waals surface area contributed by atoms with Crippen LogP contribution in [0.25, 0.3) is 16.8 Å². The van der Waals surface area contributed by atoms with Crippen LogP contribution < -0.4 is 5.32 Å². The van der Waals surface area contributed by atoms with Crippen LogP contribution in [-0.4, -0.2) is 31.9 Å². The molecule has 7 nitrogen and oxygen atoms in total. The van der Waals surface area contributed by atoms with Gasteiger partial charge >= 0.3 is 5.97 Å². The molecule has 3 aromatic carbocycles. The molecular formula is C25H19F2N3O4. The summed E-state index contributed by atoms with van der Waals surface area (Å²) in [6.45, 7) is 0. The molecule has 1 heterocycles. The summed E-state index contributed by atoms with van der Waals surface area (Å²) in [6.07, 6.45) is -0.393. The van der Waals surface area contributed by atoms with Crippen LogP contribution in [-0.2, 0) is 4.79 Å². The van der Waals surface area contributed by atoms with E-state index in [1.807, 2.05) is 42.5 Å². The predicted molar refractivity (Wildman–Crippen MR) is 119 cm³/mol. The van der Waals surface area contributed by atoms with Gasteiger partial charge in [-0.2, -0.15) is 9.78 Å². The van der Waals surface area contributed by atoms with Crippen molar-refractivity contribution in [1.29, 1.82) is 0 Å². The van der Waals surface area contributed by atoms with Gasteiger partial charge in [0.1, 0.15) is 11.5 Å². The topological polar surface area (TPSA) is 104 Å². The Morgan fingerprint density at radius 3 is 2.26 bits per heavy atom. The van der Waals surface area contributed by atoms with E-state index in [-0.39, 0.29) is 11.4 Å². The van der Waals surface area contributed by atoms with Crippen LogP contribution in [0.1, 0.15) is 28.5 Å². The van der Waals surface area contributed by atoms with Crippen molar-refractivity contribution in [1.82, 2.24) is 15.1 Å². The van der Waals surface area contributed by atoms with Crippen LogP contribution in [0.5, 0.6) is 5.88 Å². The fourth-order valence-corrected chi connectivity index (χ4v) is 3.51. The Morgan fingerprint density at radius 2 is 1.62 bits per heavy atom. The zero-order chi connectivity index (χ0) is 24.2. The van der Waals surface area contributed by atoms with Gasteiger partial charge in [0, 0.05) is 12.1 Å². The van der Waals surface area contributed by atoms with Crippen LogP contribution in [0, 0.1) is 11.6 Å². The van der Waals surface area contributed by atoms with E-state index in [0.29, 0.717) is 11.6 Å². The second-order valence-corrected chi connectivity index (χ2v) is 7.51. The van der Waals surface area contributed by atoms with E-state index in [9.17, 15) is 28.6 Å². The smallest absolute Gasteiger partial charge is 0.305 e. The Bertz CT molecular complexity index is 1340. The molecule has 0 aliphatic heterocycles. The summed E-state index contributed by atoms with van der Waals surface area (Å²) >= 11 is 0. The van der Waals surface area contributed by atoms with Crippen molar-refractivity contribution in [2.45, 2.75) is 12.5 Å². The van der Waals surface area contributed by atoms with Crippen molar-refractivity contribution in [2.24, 2.45) is 0 Å². The molecule has 0 aliphatic carbocycles. The Labute approximate surface area is 192 Å². The van der Waals surface area contributed by atoms with Gasteiger partial charge in [0.05, 0.1) is 12.5 Å². The lowest BCUT2D eigenvalue weighted by atomic mass is 9.99. The molecule has 0 fully saturated rings. The van der Waals surface area contributed by atoms with Crippen LogP contribution in [0.2, 0.25) is 0 Å². The standard InChI is InChI=1S/C25H19F2N3O4/c26-18-10-11-22(19(27)12-18)30-23(31)13-21(29-30)25(34)28-20(14-24(32)33)17-8-6-16(7-9-17)15-4-2-1-3-5-15/h1-13,20,31H,14H2,(H,28,34)(H,32,33). The van der Waals surface area contributed by atoms with Crippen molar-refractivity contribution in [3.8, 4) is 22.7 Å². The van der Waals surface area contributed by atoms with Crippen molar-refractivity contribution in [2.75, 3.05) is 0 Å². The van der Waals surface area contributed by atoms with Crippen LogP contribution >= 0.6 is 0 Å². The summed E-state index contributed by atoms with van der Waals surface area (Å²) in [5.41, 5.74) is 1.95. The molecule has 1 aromatic heterocycles. The Hall–Kier alpha value is -4.53. The number of carbonyl (C=O) groups is 2. The maximum atomic E-state index is 14.1. The van der Waals surface area contributed by atoms with Crippen molar-refractivity contribution in [3.05, 3.63) is 102 Å². The van der Waals surface area contributed by atoms with Gasteiger partial charge < -0.3 is 15.5 Å². The zero-order valence-corrected chi connectivity index (χ0v) is 17.7. The number of amides is 1. The number of carbonyl (C=O) groups excluding carboxylic acids is 1. The molecule has 0 aliphatic rings. The molecule has 0 spiro atoms. The molecule has 9 heteroatoms. The molecule has 34 heavy (non-hydrogen) atoms. The number of rotatable bonds is 7. The number of aromatic hydroxyl groups is 1. The first-order chi connectivity index (χ1) is 16.3. The minimum Gasteiger partial charge on any atom is -0.493 e. The summed E-state index contributed by atoms with van der Waals surface area (Å²) in [5.74, 6) is -4.22. The quantitative estimate of drug-likeness (QED) is 0.375. The third kappa shape index (κ3) is 4.93. The summed E-state index contributed by atoms with van der Waals surface area (Å²) in [6, 6.07) is 19.5. The average Bonchev–Trinajstić information content (AvgIpc) is 3.20. The zero-order valence-electron chi connectivity index (χ0n) is 17.7. The number of halogens is 2. The Balaban J connectivity index is 1.57. The van der Waals surface area contributed by atoms with Crippen molar-refractivity contribution >= 4 is 11.9 Å². The largest absolute Gasteiger partial charge is 0.493 e. The van der Waals surface area contributed by atoms with Crippen LogP contribution in [0.4, 0.5) is 8.78 Å². The average molecular weight is 463 g/mol. The second-order valence-electron chi connectivity index (χ2n) is 7.51. The lowest BCUT2D eigenvalue weighted by molar-refractivity contribution is -0.137. The number of hydrogen-bond donors (Lipinski definition) is 3. The summed E-state index contributed by atoms with van der Waals surface area (Å²) in [7, 11) is 0. The molecule has 3 N–H and O–H groups in total. The molecule has 4 aromatic rings. The number of hydrogen-bond acceptors (Lipinski definition) is 4. The van der Waals surface area contributed by atoms with Gasteiger partial charge in [-0.05, 0) is 28.8 Å². The number of nitrogens with zero attached hydrogens (tertiary/aromatic N) is 2. The fourth-order valence-electron chi connectivity index (χ4n) is 3.51. The Morgan fingerprint density at radius 1 is 0.941 bits per heavy atom. The van der Waals surface area contributed by atoms with Gasteiger partial charge in [0.2, 0.25) is 5.88 Å². The highest BCUT2D eigenvalue weighted by molar-refractivity contribution is 5.93. The fraction of sp³-hybridized carbons (Fsp3) is 0.0800. The number of aliphatic carboxylic acids is 1. The summed E-state index contributed by atoms with van der Waals surface area (Å²) in [4.78, 5) is 24.2. The van der Waals surface area contributed by atoms with E-state index >= 15 is 0 Å². The molecule has 1 amide bonds. The molecule has 0 saturated heterocycles. The normalized spacial score (nSPS) is 11.7. The molecule has 0 bridgehead atoms. The van der Waals surface area contributed by atoms with E-state index in [0.717, 1.165) is 34.0 Å². The summed E-state index contributed by atoms with van der Waals surface area (Å²) in [5, 5.41) is 25.9. The molecule has 1 unspecified atom stereocenters. The highest BCUT2D eigenvalue weighted by Crippen LogP contribution is 2.25. The third-order valence-corrected chi connectivity index (χ3v) is 5.17. The molecule has 172 valence electrons. The number of carboxylic acid groups (broad SMARTS) is 1. The lowest BCUT2D eigenvalue weighted by Crippen LogP contribution is -2.30. The first-order valence-corrected chi connectivity index (χ1v) is 10.2. The van der Waals surface area contributed by atoms with E-state index in [1.165, 1.54) is 0 Å². The van der Waals surface area contributed by atoms with Crippen molar-refractivity contribution in [3.63, 3.8) is 0 Å². The van der Waals surface area contributed by atoms with Crippen LogP contribution in [0.3, 0.4) is 0 Å². The van der Waals surface area contributed by atoms with Crippen molar-refractivity contribution < 1.29 is 28.6 Å². The van der Waals surface area contributed by atoms with E-state index in [2.05, 4.69) is 10.4 Å². The highest BCUT2D eigenvalue weighted by atomic mass is 19.1. The first kappa shape index (κ1) is 22.7. The SMILES string of the molecule is O=C(O)CC(NC(=O)c1cc(O)n(-c2ccc(F)cc2F)n1)c1ccc(-c2ccccc2)cc1. The highest BCUT2D eigenvalue weighted by Gasteiger charge is 2.23. The second kappa shape index (κ2) is 9.53. The number of benzene rings is 3. The van der Waals surface area contributed by atoms with Gasteiger partial charge in [-0.25, -0.2) is 8.78 Å². The lowest BCUT2D eigenvalue weighted by Gasteiger charge is -2.17. The predicted octanol–water partition coefficient (Wildman–Crippen LogP) is 4.47. The minimum atomic E-state index is -1.13. The van der Waals surface area contributed by atoms with Crippen LogP contribution in [0.15, 0.2) is 78.9 Å². The Kier molecular flexibility index (Phi) is 6.35. The van der Waals surface area contributed by atoms with Gasteiger partial charge in [0.15, 0.2) is 11.5 Å².